The number of aliphatic hydroxyl groups excluding tert-OH is 1. The zero-order valence-corrected chi connectivity index (χ0v) is 25.0. The summed E-state index contributed by atoms with van der Waals surface area (Å²) >= 11 is 14.6. The van der Waals surface area contributed by atoms with Crippen LogP contribution in [0.25, 0.3) is 11.1 Å². The highest BCUT2D eigenvalue weighted by molar-refractivity contribution is 7.97. The fourth-order valence-electron chi connectivity index (χ4n) is 4.21. The molecule has 1 aromatic heterocycles. The maximum Gasteiger partial charge on any atom is 0.303 e. The molecular weight excluding hydrogens is 553 g/mol. The third kappa shape index (κ3) is 10.7. The number of halogens is 2. The number of β-amino-alcohol motifs (C(OH)–C–C–N with tert-alkyl or cyclic N) is 1. The van der Waals surface area contributed by atoms with E-state index in [9.17, 15) is 9.90 Å². The summed E-state index contributed by atoms with van der Waals surface area (Å²) in [6.45, 7) is 5.26. The van der Waals surface area contributed by atoms with E-state index in [2.05, 4.69) is 48.4 Å². The molecule has 0 aliphatic carbocycles. The number of nitrogens with zero attached hydrogens (tertiary/aromatic N) is 2. The molecule has 3 rings (SSSR count). The lowest BCUT2D eigenvalue weighted by Gasteiger charge is -2.29. The Hall–Kier alpha value is -2.13. The molecule has 3 aromatic rings. The quantitative estimate of drug-likeness (QED) is 0.169. The highest BCUT2D eigenvalue weighted by Crippen LogP contribution is 2.39. The number of aliphatic hydroxyl groups is 1. The first-order valence-corrected chi connectivity index (χ1v) is 14.6. The predicted octanol–water partition coefficient (Wildman–Crippen LogP) is 6.76. The van der Waals surface area contributed by atoms with E-state index in [0.717, 1.165) is 41.0 Å². The van der Waals surface area contributed by atoms with Gasteiger partial charge >= 0.3 is 5.97 Å². The molecular formula is C30H37Cl2N3O3S. The molecule has 0 spiro atoms. The first-order valence-electron chi connectivity index (χ1n) is 13.0. The maximum atomic E-state index is 10.8. The number of hydrogen-bond acceptors (Lipinski definition) is 6. The second-order valence-corrected chi connectivity index (χ2v) is 12.4. The van der Waals surface area contributed by atoms with Gasteiger partial charge in [0.15, 0.2) is 0 Å². The molecule has 1 atom stereocenters. The van der Waals surface area contributed by atoms with Crippen molar-refractivity contribution in [1.82, 2.24) is 14.6 Å². The topological polar surface area (TPSA) is 85.7 Å². The van der Waals surface area contributed by atoms with Crippen molar-refractivity contribution >= 4 is 41.1 Å². The van der Waals surface area contributed by atoms with Crippen LogP contribution in [-0.4, -0.2) is 57.3 Å². The lowest BCUT2D eigenvalue weighted by atomic mass is 9.95. The molecule has 0 saturated heterocycles. The third-order valence-electron chi connectivity index (χ3n) is 6.39. The van der Waals surface area contributed by atoms with Gasteiger partial charge in [0.2, 0.25) is 0 Å². The van der Waals surface area contributed by atoms with Gasteiger partial charge in [-0.25, -0.2) is 4.31 Å². The summed E-state index contributed by atoms with van der Waals surface area (Å²) in [5.41, 5.74) is 3.66. The van der Waals surface area contributed by atoms with Crippen LogP contribution in [0, 0.1) is 0 Å². The van der Waals surface area contributed by atoms with Crippen LogP contribution in [0.2, 0.25) is 10.0 Å². The summed E-state index contributed by atoms with van der Waals surface area (Å²) in [6.07, 6.45) is 4.70. The second kappa shape index (κ2) is 15.0. The van der Waals surface area contributed by atoms with E-state index >= 15 is 0 Å². The number of aliphatic carboxylic acids is 1. The SMILES string of the molecule is CN(CC(O)CNC(C)(C)CCCc1ccccc1)Sc1c(Cl)cc(-c2ccc(CCC(=O)O)nc2)cc1Cl. The Kier molecular flexibility index (Phi) is 12.1. The fourth-order valence-corrected chi connectivity index (χ4v) is 5.75. The molecule has 3 N–H and O–H groups in total. The standard InChI is InChI=1S/C30H37Cl2N3O3S/c1-30(2,15-7-10-21-8-5-4-6-9-21)34-19-25(36)20-35(3)39-29-26(31)16-23(17-27(29)32)22-11-12-24(33-18-22)13-14-28(37)38/h4-6,8-9,11-12,16-18,25,34,36H,7,10,13-15,19-20H2,1-3H3,(H,37,38). The van der Waals surface area contributed by atoms with Crippen LogP contribution < -0.4 is 5.32 Å². The summed E-state index contributed by atoms with van der Waals surface area (Å²) in [5, 5.41) is 24.0. The number of benzene rings is 2. The lowest BCUT2D eigenvalue weighted by Crippen LogP contribution is -2.45. The average Bonchev–Trinajstić information content (AvgIpc) is 2.89. The number of carboxylic acid groups (broad SMARTS) is 1. The number of pyridine rings is 1. The molecule has 0 saturated carbocycles. The molecule has 6 nitrogen and oxygen atoms in total. The van der Waals surface area contributed by atoms with Crippen molar-refractivity contribution in [3.05, 3.63) is 82.1 Å². The Balaban J connectivity index is 1.48. The number of aromatic nitrogens is 1. The van der Waals surface area contributed by atoms with E-state index in [1.54, 1.807) is 6.20 Å². The van der Waals surface area contributed by atoms with Crippen molar-refractivity contribution in [2.24, 2.45) is 0 Å². The molecule has 1 unspecified atom stereocenters. The summed E-state index contributed by atoms with van der Waals surface area (Å²) in [4.78, 5) is 15.8. The number of carboxylic acids is 1. The minimum Gasteiger partial charge on any atom is -0.481 e. The van der Waals surface area contributed by atoms with Gasteiger partial charge in [-0.1, -0.05) is 59.6 Å². The molecule has 39 heavy (non-hydrogen) atoms. The zero-order valence-electron chi connectivity index (χ0n) is 22.7. The Labute approximate surface area is 245 Å². The van der Waals surface area contributed by atoms with E-state index < -0.39 is 12.1 Å². The van der Waals surface area contributed by atoms with Crippen LogP contribution in [0.3, 0.4) is 0 Å². The Morgan fingerprint density at radius 1 is 1.08 bits per heavy atom. The lowest BCUT2D eigenvalue weighted by molar-refractivity contribution is -0.136. The van der Waals surface area contributed by atoms with E-state index in [1.807, 2.05) is 41.7 Å². The van der Waals surface area contributed by atoms with Crippen molar-refractivity contribution < 1.29 is 15.0 Å². The molecule has 0 bridgehead atoms. The molecule has 0 radical (unpaired) electrons. The maximum absolute atomic E-state index is 10.8. The molecule has 9 heteroatoms. The third-order valence-corrected chi connectivity index (χ3v) is 8.30. The molecule has 1 heterocycles. The molecule has 0 amide bonds. The summed E-state index contributed by atoms with van der Waals surface area (Å²) < 4.78 is 1.93. The van der Waals surface area contributed by atoms with Gasteiger partial charge in [0.25, 0.3) is 0 Å². The number of aryl methyl sites for hydroxylation is 2. The fraction of sp³-hybridized carbons (Fsp3) is 0.400. The smallest absolute Gasteiger partial charge is 0.303 e. The van der Waals surface area contributed by atoms with E-state index in [4.69, 9.17) is 28.3 Å². The second-order valence-electron chi connectivity index (χ2n) is 10.4. The van der Waals surface area contributed by atoms with Gasteiger partial charge in [0, 0.05) is 42.5 Å². The number of carbonyl (C=O) groups is 1. The van der Waals surface area contributed by atoms with Crippen LogP contribution in [0.5, 0.6) is 0 Å². The van der Waals surface area contributed by atoms with Crippen LogP contribution in [0.1, 0.15) is 44.4 Å². The van der Waals surface area contributed by atoms with E-state index in [1.165, 1.54) is 17.5 Å². The van der Waals surface area contributed by atoms with Gasteiger partial charge in [-0.3, -0.25) is 9.78 Å². The largest absolute Gasteiger partial charge is 0.481 e. The predicted molar refractivity (Wildman–Crippen MR) is 162 cm³/mol. The minimum absolute atomic E-state index is 0.0424. The van der Waals surface area contributed by atoms with Gasteiger partial charge in [0.1, 0.15) is 0 Å². The van der Waals surface area contributed by atoms with Crippen molar-refractivity contribution in [2.45, 2.75) is 62.5 Å². The van der Waals surface area contributed by atoms with Gasteiger partial charge < -0.3 is 15.5 Å². The van der Waals surface area contributed by atoms with Crippen molar-refractivity contribution in [2.75, 3.05) is 20.1 Å². The van der Waals surface area contributed by atoms with Gasteiger partial charge in [-0.15, -0.1) is 0 Å². The van der Waals surface area contributed by atoms with E-state index in [-0.39, 0.29) is 12.0 Å². The Bertz CT molecular complexity index is 1190. The molecule has 210 valence electrons. The van der Waals surface area contributed by atoms with Crippen molar-refractivity contribution in [3.63, 3.8) is 0 Å². The van der Waals surface area contributed by atoms with Crippen molar-refractivity contribution in [3.8, 4) is 11.1 Å². The highest BCUT2D eigenvalue weighted by Gasteiger charge is 2.20. The monoisotopic (exact) mass is 589 g/mol. The molecule has 2 aromatic carbocycles. The van der Waals surface area contributed by atoms with Gasteiger partial charge in [-0.2, -0.15) is 0 Å². The number of nitrogens with one attached hydrogen (secondary N) is 1. The average molecular weight is 591 g/mol. The Morgan fingerprint density at radius 3 is 2.38 bits per heavy atom. The zero-order chi connectivity index (χ0) is 28.4. The Morgan fingerprint density at radius 2 is 1.77 bits per heavy atom. The molecule has 0 aliphatic rings. The summed E-state index contributed by atoms with van der Waals surface area (Å²) in [7, 11) is 1.90. The van der Waals surface area contributed by atoms with Gasteiger partial charge in [-0.05, 0) is 81.4 Å². The van der Waals surface area contributed by atoms with E-state index in [0.29, 0.717) is 29.6 Å². The van der Waals surface area contributed by atoms with Gasteiger partial charge in [0.05, 0.1) is 27.5 Å². The van der Waals surface area contributed by atoms with Crippen molar-refractivity contribution in [1.29, 1.82) is 0 Å². The van der Waals surface area contributed by atoms with Crippen LogP contribution in [-0.2, 0) is 17.6 Å². The number of rotatable bonds is 15. The minimum atomic E-state index is -0.848. The number of likely N-dealkylation sites (N-methyl/N-ethyl adjacent to an activating group) is 1. The van der Waals surface area contributed by atoms with Crippen LogP contribution >= 0.6 is 35.1 Å². The molecule has 0 fully saturated rings. The van der Waals surface area contributed by atoms with Crippen LogP contribution in [0.4, 0.5) is 0 Å². The highest BCUT2D eigenvalue weighted by atomic mass is 35.5. The summed E-state index contributed by atoms with van der Waals surface area (Å²) in [6, 6.07) is 17.9. The normalized spacial score (nSPS) is 12.6. The summed E-state index contributed by atoms with van der Waals surface area (Å²) in [5.74, 6) is -0.848. The molecule has 0 aliphatic heterocycles. The first kappa shape index (κ1) is 31.4. The van der Waals surface area contributed by atoms with Crippen LogP contribution in [0.15, 0.2) is 65.7 Å². The first-order chi connectivity index (χ1) is 18.5. The number of hydrogen-bond donors (Lipinski definition) is 3.